The molecule has 0 bridgehead atoms. The van der Waals surface area contributed by atoms with Crippen LogP contribution in [0.4, 0.5) is 5.82 Å². The van der Waals surface area contributed by atoms with Gasteiger partial charge in [0.1, 0.15) is 0 Å². The van der Waals surface area contributed by atoms with Crippen LogP contribution in [-0.2, 0) is 0 Å². The van der Waals surface area contributed by atoms with E-state index >= 15 is 0 Å². The molecule has 4 rings (SSSR count). The minimum absolute atomic E-state index is 0.00549. The molecule has 2 aromatic heterocycles. The lowest BCUT2D eigenvalue weighted by Gasteiger charge is -2.32. The molecule has 1 aromatic carbocycles. The van der Waals surface area contributed by atoms with Crippen molar-refractivity contribution in [3.63, 3.8) is 0 Å². The lowest BCUT2D eigenvalue weighted by atomic mass is 10.0. The van der Waals surface area contributed by atoms with E-state index in [1.807, 2.05) is 18.2 Å². The Bertz CT molecular complexity index is 808. The topological polar surface area (TPSA) is 71.0 Å². The summed E-state index contributed by atoms with van der Waals surface area (Å²) in [7, 11) is 0. The standard InChI is InChI=1S/C15H15N5OS2/c21-15(10-1-2-12-13(7-10)22-9-16-12)18-11-3-5-20(6-4-11)14-8-17-23-19-14/h1-2,7-9,11H,3-6H2,(H,18,21). The van der Waals surface area contributed by atoms with E-state index in [-0.39, 0.29) is 11.9 Å². The zero-order valence-corrected chi connectivity index (χ0v) is 13.9. The van der Waals surface area contributed by atoms with Crippen LogP contribution in [0.1, 0.15) is 23.2 Å². The van der Waals surface area contributed by atoms with Crippen LogP contribution in [0, 0.1) is 0 Å². The van der Waals surface area contributed by atoms with Gasteiger partial charge >= 0.3 is 0 Å². The SMILES string of the molecule is O=C(NC1CCN(c2cnsn2)CC1)c1ccc2ncsc2c1. The Morgan fingerprint density at radius 3 is 2.96 bits per heavy atom. The summed E-state index contributed by atoms with van der Waals surface area (Å²) in [4.78, 5) is 18.9. The second-order valence-corrected chi connectivity index (χ2v) is 6.98. The van der Waals surface area contributed by atoms with E-state index in [4.69, 9.17) is 0 Å². The van der Waals surface area contributed by atoms with Crippen molar-refractivity contribution in [3.05, 3.63) is 35.5 Å². The van der Waals surface area contributed by atoms with Gasteiger partial charge in [0.2, 0.25) is 0 Å². The summed E-state index contributed by atoms with van der Waals surface area (Å²) in [6.45, 7) is 1.79. The first-order valence-electron chi connectivity index (χ1n) is 7.46. The Balaban J connectivity index is 1.37. The number of amides is 1. The molecule has 1 aliphatic heterocycles. The number of carbonyl (C=O) groups excluding carboxylic acids is 1. The van der Waals surface area contributed by atoms with Gasteiger partial charge in [-0.2, -0.15) is 8.75 Å². The number of nitrogens with zero attached hydrogens (tertiary/aromatic N) is 4. The molecule has 0 aliphatic carbocycles. The highest BCUT2D eigenvalue weighted by Crippen LogP contribution is 2.20. The second kappa shape index (κ2) is 6.21. The van der Waals surface area contributed by atoms with E-state index in [0.29, 0.717) is 5.56 Å². The minimum Gasteiger partial charge on any atom is -0.354 e. The quantitative estimate of drug-likeness (QED) is 0.790. The maximum atomic E-state index is 12.4. The summed E-state index contributed by atoms with van der Waals surface area (Å²) in [5.41, 5.74) is 3.44. The van der Waals surface area contributed by atoms with Crippen molar-refractivity contribution < 1.29 is 4.79 Å². The summed E-state index contributed by atoms with van der Waals surface area (Å²) < 4.78 is 9.35. The van der Waals surface area contributed by atoms with Gasteiger partial charge in [-0.25, -0.2) is 4.98 Å². The van der Waals surface area contributed by atoms with Gasteiger partial charge < -0.3 is 10.2 Å². The number of nitrogens with one attached hydrogen (secondary N) is 1. The van der Waals surface area contributed by atoms with Crippen molar-refractivity contribution in [1.29, 1.82) is 0 Å². The van der Waals surface area contributed by atoms with E-state index in [9.17, 15) is 4.79 Å². The molecular formula is C15H15N5OS2. The lowest BCUT2D eigenvalue weighted by Crippen LogP contribution is -2.44. The summed E-state index contributed by atoms with van der Waals surface area (Å²) in [6, 6.07) is 5.87. The highest BCUT2D eigenvalue weighted by molar-refractivity contribution is 7.16. The number of rotatable bonds is 3. The molecule has 118 valence electrons. The van der Waals surface area contributed by atoms with Crippen LogP contribution in [0.25, 0.3) is 10.2 Å². The van der Waals surface area contributed by atoms with Crippen molar-refractivity contribution in [2.75, 3.05) is 18.0 Å². The van der Waals surface area contributed by atoms with Crippen molar-refractivity contribution in [2.24, 2.45) is 0 Å². The zero-order chi connectivity index (χ0) is 15.6. The third-order valence-corrected chi connectivity index (χ3v) is 5.36. The fourth-order valence-corrected chi connectivity index (χ4v) is 3.97. The summed E-state index contributed by atoms with van der Waals surface area (Å²) >= 11 is 2.78. The van der Waals surface area contributed by atoms with Crippen LogP contribution in [0.3, 0.4) is 0 Å². The Kier molecular flexibility index (Phi) is 3.92. The number of hydrogen-bond acceptors (Lipinski definition) is 7. The third-order valence-electron chi connectivity index (χ3n) is 4.10. The Morgan fingerprint density at radius 1 is 1.30 bits per heavy atom. The largest absolute Gasteiger partial charge is 0.354 e. The summed E-state index contributed by atoms with van der Waals surface area (Å²) in [6.07, 6.45) is 3.64. The molecule has 1 aliphatic rings. The first-order chi connectivity index (χ1) is 11.3. The first-order valence-corrected chi connectivity index (χ1v) is 9.07. The second-order valence-electron chi connectivity index (χ2n) is 5.54. The fraction of sp³-hybridized carbons (Fsp3) is 0.333. The van der Waals surface area contributed by atoms with Crippen LogP contribution in [-0.4, -0.2) is 38.8 Å². The van der Waals surface area contributed by atoms with Crippen molar-refractivity contribution >= 4 is 45.0 Å². The predicted molar refractivity (Wildman–Crippen MR) is 92.2 cm³/mol. The predicted octanol–water partition coefficient (Wildman–Crippen LogP) is 2.55. The smallest absolute Gasteiger partial charge is 0.251 e. The molecule has 1 saturated heterocycles. The van der Waals surface area contributed by atoms with E-state index in [1.54, 1.807) is 23.0 Å². The lowest BCUT2D eigenvalue weighted by molar-refractivity contribution is 0.0931. The number of anilines is 1. The van der Waals surface area contributed by atoms with Crippen molar-refractivity contribution in [1.82, 2.24) is 19.0 Å². The molecule has 23 heavy (non-hydrogen) atoms. The Labute approximate surface area is 141 Å². The normalized spacial score (nSPS) is 15.9. The van der Waals surface area contributed by atoms with Gasteiger partial charge in [0.15, 0.2) is 5.82 Å². The van der Waals surface area contributed by atoms with E-state index in [1.165, 1.54) is 11.7 Å². The molecule has 8 heteroatoms. The van der Waals surface area contributed by atoms with Gasteiger partial charge in [-0.05, 0) is 31.0 Å². The summed E-state index contributed by atoms with van der Waals surface area (Å²) in [5.74, 6) is 0.935. The van der Waals surface area contributed by atoms with Crippen molar-refractivity contribution in [3.8, 4) is 0 Å². The first kappa shape index (κ1) is 14.5. The number of fused-ring (bicyclic) bond motifs is 1. The maximum absolute atomic E-state index is 12.4. The van der Waals surface area contributed by atoms with Crippen LogP contribution in [0.2, 0.25) is 0 Å². The Morgan fingerprint density at radius 2 is 2.17 bits per heavy atom. The average Bonchev–Trinajstić information content (AvgIpc) is 3.26. The van der Waals surface area contributed by atoms with Gasteiger partial charge in [-0.1, -0.05) is 0 Å². The van der Waals surface area contributed by atoms with Crippen molar-refractivity contribution in [2.45, 2.75) is 18.9 Å². The van der Waals surface area contributed by atoms with E-state index in [2.05, 4.69) is 23.9 Å². The minimum atomic E-state index is -0.00549. The third kappa shape index (κ3) is 3.04. The number of piperidine rings is 1. The number of aromatic nitrogens is 3. The molecule has 1 N–H and O–H groups in total. The maximum Gasteiger partial charge on any atom is 0.251 e. The molecular weight excluding hydrogens is 330 g/mol. The number of benzene rings is 1. The van der Waals surface area contributed by atoms with Gasteiger partial charge in [0.25, 0.3) is 5.91 Å². The molecule has 0 saturated carbocycles. The highest BCUT2D eigenvalue weighted by atomic mass is 32.1. The van der Waals surface area contributed by atoms with Crippen LogP contribution in [0.5, 0.6) is 0 Å². The molecule has 0 radical (unpaired) electrons. The molecule has 0 unspecified atom stereocenters. The fourth-order valence-electron chi connectivity index (χ4n) is 2.82. The van der Waals surface area contributed by atoms with Gasteiger partial charge in [-0.3, -0.25) is 4.79 Å². The highest BCUT2D eigenvalue weighted by Gasteiger charge is 2.22. The van der Waals surface area contributed by atoms with Crippen LogP contribution >= 0.6 is 23.1 Å². The number of thiazole rings is 1. The molecule has 3 aromatic rings. The van der Waals surface area contributed by atoms with Crippen LogP contribution in [0.15, 0.2) is 29.9 Å². The van der Waals surface area contributed by atoms with Gasteiger partial charge in [-0.15, -0.1) is 11.3 Å². The van der Waals surface area contributed by atoms with Gasteiger partial charge in [0, 0.05) is 24.7 Å². The van der Waals surface area contributed by atoms with Gasteiger partial charge in [0.05, 0.1) is 33.7 Å². The molecule has 1 amide bonds. The molecule has 1 fully saturated rings. The molecule has 6 nitrogen and oxygen atoms in total. The van der Waals surface area contributed by atoms with E-state index in [0.717, 1.165) is 42.0 Å². The number of hydrogen-bond donors (Lipinski definition) is 1. The van der Waals surface area contributed by atoms with E-state index < -0.39 is 0 Å². The number of carbonyl (C=O) groups is 1. The Hall–Kier alpha value is -2.06. The zero-order valence-electron chi connectivity index (χ0n) is 12.3. The monoisotopic (exact) mass is 345 g/mol. The average molecular weight is 345 g/mol. The molecule has 0 spiro atoms. The van der Waals surface area contributed by atoms with Crippen LogP contribution < -0.4 is 10.2 Å². The molecule has 0 atom stereocenters. The summed E-state index contributed by atoms with van der Waals surface area (Å²) in [5, 5.41) is 3.14. The molecule has 3 heterocycles.